The Morgan fingerprint density at radius 2 is 1.84 bits per heavy atom. The third-order valence-electron chi connectivity index (χ3n) is 5.95. The van der Waals surface area contributed by atoms with Gasteiger partial charge in [0.15, 0.2) is 11.5 Å². The number of hydrogen-bond donors (Lipinski definition) is 0. The molecular formula is C29H28BrNO6S. The topological polar surface area (TPSA) is 82.1 Å². The van der Waals surface area contributed by atoms with Crippen LogP contribution >= 0.6 is 27.7 Å². The first kappa shape index (κ1) is 27.7. The molecule has 0 radical (unpaired) electrons. The first-order valence-corrected chi connectivity index (χ1v) is 13.9. The molecule has 0 saturated carbocycles. The fourth-order valence-corrected chi connectivity index (χ4v) is 5.32. The molecular weight excluding hydrogens is 570 g/mol. The molecule has 1 saturated heterocycles. The van der Waals surface area contributed by atoms with Crippen molar-refractivity contribution in [2.75, 3.05) is 13.2 Å². The summed E-state index contributed by atoms with van der Waals surface area (Å²) >= 11 is 4.36. The van der Waals surface area contributed by atoms with Crippen molar-refractivity contribution in [2.24, 2.45) is 0 Å². The highest BCUT2D eigenvalue weighted by Crippen LogP contribution is 2.40. The number of ether oxygens (including phenoxy) is 3. The summed E-state index contributed by atoms with van der Waals surface area (Å²) in [7, 11) is 0. The molecule has 9 heteroatoms. The number of fused-ring (bicyclic) bond motifs is 1. The monoisotopic (exact) mass is 597 g/mol. The van der Waals surface area contributed by atoms with E-state index in [1.807, 2.05) is 38.1 Å². The van der Waals surface area contributed by atoms with Crippen molar-refractivity contribution in [3.8, 4) is 11.5 Å². The molecule has 1 aliphatic heterocycles. The lowest BCUT2D eigenvalue weighted by Gasteiger charge is -2.16. The summed E-state index contributed by atoms with van der Waals surface area (Å²) in [6.45, 7) is 5.85. The van der Waals surface area contributed by atoms with E-state index in [1.165, 1.54) is 0 Å². The summed E-state index contributed by atoms with van der Waals surface area (Å²) in [5.41, 5.74) is 1.69. The fraction of sp³-hybridized carbons (Fsp3) is 0.276. The number of carbonyl (C=O) groups is 3. The van der Waals surface area contributed by atoms with E-state index in [0.717, 1.165) is 33.0 Å². The highest BCUT2D eigenvalue weighted by molar-refractivity contribution is 9.10. The largest absolute Gasteiger partial charge is 0.490 e. The number of benzene rings is 3. The Morgan fingerprint density at radius 3 is 2.61 bits per heavy atom. The average Bonchev–Trinajstić information content (AvgIpc) is 3.15. The van der Waals surface area contributed by atoms with Crippen LogP contribution in [0.25, 0.3) is 16.8 Å². The Labute approximate surface area is 234 Å². The van der Waals surface area contributed by atoms with Gasteiger partial charge >= 0.3 is 5.97 Å². The number of esters is 1. The summed E-state index contributed by atoms with van der Waals surface area (Å²) in [5, 5.41) is 1.74. The quantitative estimate of drug-likeness (QED) is 0.184. The first-order chi connectivity index (χ1) is 18.3. The van der Waals surface area contributed by atoms with E-state index in [9.17, 15) is 14.4 Å². The standard InChI is InChI=1S/C29H28BrNO6S/c1-4-18(3)37-26(32)16-31-28(33)25(38-29(31)34)15-19-13-23(30)27(24(14-19)35-5-2)36-17-21-11-8-10-20-9-6-7-12-22(20)21/h6-15,18H,4-5,16-17H2,1-3H3/b25-15+/t18-/m1/s1. The van der Waals surface area contributed by atoms with Crippen LogP contribution in [0.5, 0.6) is 11.5 Å². The molecule has 0 unspecified atom stereocenters. The van der Waals surface area contributed by atoms with Gasteiger partial charge in [-0.1, -0.05) is 49.4 Å². The van der Waals surface area contributed by atoms with Crippen LogP contribution < -0.4 is 9.47 Å². The lowest BCUT2D eigenvalue weighted by Crippen LogP contribution is -2.35. The van der Waals surface area contributed by atoms with Gasteiger partial charge in [-0.15, -0.1) is 0 Å². The highest BCUT2D eigenvalue weighted by atomic mass is 79.9. The van der Waals surface area contributed by atoms with Gasteiger partial charge in [-0.2, -0.15) is 0 Å². The van der Waals surface area contributed by atoms with E-state index < -0.39 is 23.7 Å². The molecule has 7 nitrogen and oxygen atoms in total. The lowest BCUT2D eigenvalue weighted by molar-refractivity contribution is -0.150. The SMILES string of the molecule is CCOc1cc(/C=C2/SC(=O)N(CC(=O)O[C@H](C)CC)C2=O)cc(Br)c1OCc1cccc2ccccc12. The van der Waals surface area contributed by atoms with Crippen molar-refractivity contribution in [1.82, 2.24) is 4.90 Å². The second kappa shape index (κ2) is 12.5. The number of imide groups is 1. The van der Waals surface area contributed by atoms with Crippen molar-refractivity contribution >= 4 is 61.7 Å². The Hall–Kier alpha value is -3.30. The Bertz CT molecular complexity index is 1400. The number of thioether (sulfide) groups is 1. The first-order valence-electron chi connectivity index (χ1n) is 12.3. The predicted octanol–water partition coefficient (Wildman–Crippen LogP) is 6.96. The minimum Gasteiger partial charge on any atom is -0.490 e. The fourth-order valence-electron chi connectivity index (χ4n) is 3.90. The van der Waals surface area contributed by atoms with Crippen molar-refractivity contribution in [3.63, 3.8) is 0 Å². The minimum atomic E-state index is -0.614. The number of amides is 2. The van der Waals surface area contributed by atoms with E-state index >= 15 is 0 Å². The zero-order chi connectivity index (χ0) is 27.2. The Kier molecular flexibility index (Phi) is 9.12. The van der Waals surface area contributed by atoms with Crippen LogP contribution in [0, 0.1) is 0 Å². The second-order valence-electron chi connectivity index (χ2n) is 8.67. The number of halogens is 1. The van der Waals surface area contributed by atoms with Gasteiger partial charge in [0.1, 0.15) is 13.2 Å². The van der Waals surface area contributed by atoms with Crippen molar-refractivity contribution in [1.29, 1.82) is 0 Å². The van der Waals surface area contributed by atoms with Crippen LogP contribution in [0.1, 0.15) is 38.3 Å². The van der Waals surface area contributed by atoms with Gasteiger partial charge in [-0.05, 0) is 88.1 Å². The molecule has 2 amide bonds. The molecule has 1 aliphatic rings. The van der Waals surface area contributed by atoms with E-state index in [4.69, 9.17) is 14.2 Å². The molecule has 0 N–H and O–H groups in total. The second-order valence-corrected chi connectivity index (χ2v) is 10.5. The smallest absolute Gasteiger partial charge is 0.326 e. The van der Waals surface area contributed by atoms with E-state index in [0.29, 0.717) is 41.2 Å². The van der Waals surface area contributed by atoms with Crippen molar-refractivity contribution < 1.29 is 28.6 Å². The van der Waals surface area contributed by atoms with Gasteiger partial charge in [-0.3, -0.25) is 19.3 Å². The lowest BCUT2D eigenvalue weighted by atomic mass is 10.1. The van der Waals surface area contributed by atoms with Gasteiger partial charge in [0.25, 0.3) is 11.1 Å². The van der Waals surface area contributed by atoms with E-state index in [1.54, 1.807) is 25.1 Å². The summed E-state index contributed by atoms with van der Waals surface area (Å²) < 4.78 is 17.9. The molecule has 38 heavy (non-hydrogen) atoms. The van der Waals surface area contributed by atoms with E-state index in [2.05, 4.69) is 34.1 Å². The maximum absolute atomic E-state index is 12.9. The third-order valence-corrected chi connectivity index (χ3v) is 7.45. The number of nitrogens with zero attached hydrogens (tertiary/aromatic N) is 1. The zero-order valence-corrected chi connectivity index (χ0v) is 23.8. The zero-order valence-electron chi connectivity index (χ0n) is 21.4. The molecule has 1 atom stereocenters. The molecule has 0 spiro atoms. The molecule has 198 valence electrons. The van der Waals surface area contributed by atoms with Crippen LogP contribution in [-0.2, 0) is 20.9 Å². The summed E-state index contributed by atoms with van der Waals surface area (Å²) in [6.07, 6.45) is 1.97. The number of carbonyl (C=O) groups excluding carboxylic acids is 3. The normalized spacial score (nSPS) is 15.3. The third kappa shape index (κ3) is 6.39. The van der Waals surface area contributed by atoms with Gasteiger partial charge < -0.3 is 14.2 Å². The van der Waals surface area contributed by atoms with Crippen LogP contribution in [0.4, 0.5) is 4.79 Å². The minimum absolute atomic E-state index is 0.213. The molecule has 1 fully saturated rings. The van der Waals surface area contributed by atoms with Crippen LogP contribution in [-0.4, -0.2) is 41.3 Å². The van der Waals surface area contributed by atoms with Crippen molar-refractivity contribution in [3.05, 3.63) is 75.1 Å². The molecule has 1 heterocycles. The number of rotatable bonds is 10. The molecule has 0 aliphatic carbocycles. The van der Waals surface area contributed by atoms with Crippen LogP contribution in [0.2, 0.25) is 0 Å². The molecule has 3 aromatic carbocycles. The van der Waals surface area contributed by atoms with Crippen LogP contribution in [0.3, 0.4) is 0 Å². The molecule has 4 rings (SSSR count). The Balaban J connectivity index is 1.54. The van der Waals surface area contributed by atoms with Crippen molar-refractivity contribution in [2.45, 2.75) is 39.9 Å². The van der Waals surface area contributed by atoms with Crippen LogP contribution in [0.15, 0.2) is 64.0 Å². The maximum atomic E-state index is 12.9. The predicted molar refractivity (Wildman–Crippen MR) is 152 cm³/mol. The summed E-state index contributed by atoms with van der Waals surface area (Å²) in [4.78, 5) is 38.6. The van der Waals surface area contributed by atoms with Gasteiger partial charge in [0, 0.05) is 0 Å². The van der Waals surface area contributed by atoms with E-state index in [-0.39, 0.29) is 11.0 Å². The molecule has 0 bridgehead atoms. The van der Waals surface area contributed by atoms with Gasteiger partial charge in [0.05, 0.1) is 22.1 Å². The van der Waals surface area contributed by atoms with Gasteiger partial charge in [-0.25, -0.2) is 0 Å². The summed E-state index contributed by atoms with van der Waals surface area (Å²) in [6, 6.07) is 17.8. The number of hydrogen-bond acceptors (Lipinski definition) is 7. The molecule has 0 aromatic heterocycles. The average molecular weight is 599 g/mol. The summed E-state index contributed by atoms with van der Waals surface area (Å²) in [5.74, 6) is -0.106. The molecule has 3 aromatic rings. The maximum Gasteiger partial charge on any atom is 0.326 e. The van der Waals surface area contributed by atoms with Gasteiger partial charge in [0.2, 0.25) is 0 Å². The highest BCUT2D eigenvalue weighted by Gasteiger charge is 2.37. The Morgan fingerprint density at radius 1 is 1.08 bits per heavy atom.